The maximum atomic E-state index is 10.8. The molecule has 112 valence electrons. The lowest BCUT2D eigenvalue weighted by Crippen LogP contribution is -2.27. The van der Waals surface area contributed by atoms with E-state index in [1.807, 2.05) is 12.1 Å². The van der Waals surface area contributed by atoms with E-state index in [-0.39, 0.29) is 12.3 Å². The fourth-order valence-electron chi connectivity index (χ4n) is 2.17. The SMILES string of the molecule is CC(=O)NCCC(O)C(O)c1ccccc1-c1ccn[nH]1. The highest BCUT2D eigenvalue weighted by Gasteiger charge is 2.21. The number of aromatic amines is 1. The molecule has 0 radical (unpaired) electrons. The highest BCUT2D eigenvalue weighted by Crippen LogP contribution is 2.29. The number of aliphatic hydroxyl groups is 2. The second-order valence-electron chi connectivity index (χ2n) is 4.84. The smallest absolute Gasteiger partial charge is 0.216 e. The van der Waals surface area contributed by atoms with Crippen molar-refractivity contribution in [2.75, 3.05) is 6.54 Å². The quantitative estimate of drug-likeness (QED) is 0.637. The zero-order valence-electron chi connectivity index (χ0n) is 11.8. The summed E-state index contributed by atoms with van der Waals surface area (Å²) in [5.74, 6) is -0.158. The van der Waals surface area contributed by atoms with Gasteiger partial charge in [-0.15, -0.1) is 0 Å². The van der Waals surface area contributed by atoms with Gasteiger partial charge in [-0.3, -0.25) is 9.89 Å². The highest BCUT2D eigenvalue weighted by molar-refractivity contribution is 5.72. The Morgan fingerprint density at radius 1 is 1.33 bits per heavy atom. The third kappa shape index (κ3) is 3.90. The molecule has 6 nitrogen and oxygen atoms in total. The molecule has 2 rings (SSSR count). The first-order valence-electron chi connectivity index (χ1n) is 6.79. The van der Waals surface area contributed by atoms with Crippen LogP contribution in [0.3, 0.4) is 0 Å². The second-order valence-corrected chi connectivity index (χ2v) is 4.84. The molecule has 21 heavy (non-hydrogen) atoms. The number of aliphatic hydroxyl groups excluding tert-OH is 2. The van der Waals surface area contributed by atoms with Crippen LogP contribution in [0.5, 0.6) is 0 Å². The Morgan fingerprint density at radius 2 is 2.10 bits per heavy atom. The number of hydrogen-bond acceptors (Lipinski definition) is 4. The molecule has 2 unspecified atom stereocenters. The summed E-state index contributed by atoms with van der Waals surface area (Å²) in [6, 6.07) is 9.08. The molecule has 0 bridgehead atoms. The standard InChI is InChI=1S/C15H19N3O3/c1-10(19)16-8-7-14(20)15(21)12-5-3-2-4-11(12)13-6-9-17-18-13/h2-6,9,14-15,20-21H,7-8H2,1H3,(H,16,19)(H,17,18). The van der Waals surface area contributed by atoms with Gasteiger partial charge in [0.2, 0.25) is 5.91 Å². The van der Waals surface area contributed by atoms with Gasteiger partial charge in [-0.2, -0.15) is 5.10 Å². The molecule has 4 N–H and O–H groups in total. The molecule has 0 saturated carbocycles. The van der Waals surface area contributed by atoms with Crippen LogP contribution in [0.1, 0.15) is 25.0 Å². The third-order valence-electron chi connectivity index (χ3n) is 3.25. The van der Waals surface area contributed by atoms with E-state index in [9.17, 15) is 15.0 Å². The van der Waals surface area contributed by atoms with Gasteiger partial charge in [-0.05, 0) is 18.1 Å². The van der Waals surface area contributed by atoms with Crippen LogP contribution in [0.4, 0.5) is 0 Å². The molecule has 0 aliphatic heterocycles. The lowest BCUT2D eigenvalue weighted by atomic mass is 9.95. The summed E-state index contributed by atoms with van der Waals surface area (Å²) >= 11 is 0. The molecule has 2 aromatic rings. The highest BCUT2D eigenvalue weighted by atomic mass is 16.3. The summed E-state index contributed by atoms with van der Waals surface area (Å²) < 4.78 is 0. The number of hydrogen-bond donors (Lipinski definition) is 4. The monoisotopic (exact) mass is 289 g/mol. The predicted molar refractivity (Wildman–Crippen MR) is 78.3 cm³/mol. The minimum atomic E-state index is -1.03. The molecule has 1 aromatic heterocycles. The maximum Gasteiger partial charge on any atom is 0.216 e. The molecular formula is C15H19N3O3. The van der Waals surface area contributed by atoms with Crippen molar-refractivity contribution in [1.82, 2.24) is 15.5 Å². The van der Waals surface area contributed by atoms with Crippen molar-refractivity contribution in [3.05, 3.63) is 42.1 Å². The summed E-state index contributed by atoms with van der Waals surface area (Å²) in [6.07, 6.45) is -0.0804. The predicted octanol–water partition coefficient (Wildman–Crippen LogP) is 0.997. The van der Waals surface area contributed by atoms with Crippen molar-refractivity contribution < 1.29 is 15.0 Å². The van der Waals surface area contributed by atoms with Crippen molar-refractivity contribution >= 4 is 5.91 Å². The number of carbonyl (C=O) groups excluding carboxylic acids is 1. The fourth-order valence-corrected chi connectivity index (χ4v) is 2.17. The van der Waals surface area contributed by atoms with E-state index in [0.717, 1.165) is 11.3 Å². The average molecular weight is 289 g/mol. The molecule has 2 atom stereocenters. The molecular weight excluding hydrogens is 270 g/mol. The first kappa shape index (κ1) is 15.2. The number of benzene rings is 1. The number of aromatic nitrogens is 2. The van der Waals surface area contributed by atoms with E-state index in [4.69, 9.17) is 0 Å². The Bertz CT molecular complexity index is 584. The van der Waals surface area contributed by atoms with Crippen LogP contribution in [0.15, 0.2) is 36.5 Å². The Labute approximate surface area is 122 Å². The van der Waals surface area contributed by atoms with Gasteiger partial charge in [-0.1, -0.05) is 24.3 Å². The van der Waals surface area contributed by atoms with Gasteiger partial charge in [0.1, 0.15) is 6.10 Å². The number of nitrogens with zero attached hydrogens (tertiary/aromatic N) is 1. The lowest BCUT2D eigenvalue weighted by Gasteiger charge is -2.20. The van der Waals surface area contributed by atoms with Crippen molar-refractivity contribution in [3.8, 4) is 11.3 Å². The normalized spacial score (nSPS) is 13.7. The van der Waals surface area contributed by atoms with Gasteiger partial charge < -0.3 is 15.5 Å². The van der Waals surface area contributed by atoms with Crippen molar-refractivity contribution in [1.29, 1.82) is 0 Å². The molecule has 0 fully saturated rings. The van der Waals surface area contributed by atoms with Gasteiger partial charge in [0.25, 0.3) is 0 Å². The van der Waals surface area contributed by atoms with E-state index < -0.39 is 12.2 Å². The molecule has 1 heterocycles. The van der Waals surface area contributed by atoms with Crippen LogP contribution in [-0.4, -0.2) is 39.0 Å². The van der Waals surface area contributed by atoms with Crippen molar-refractivity contribution in [2.45, 2.75) is 25.6 Å². The number of amides is 1. The first-order valence-corrected chi connectivity index (χ1v) is 6.79. The number of nitrogens with one attached hydrogen (secondary N) is 2. The van der Waals surface area contributed by atoms with Crippen LogP contribution in [0, 0.1) is 0 Å². The molecule has 0 aliphatic rings. The van der Waals surface area contributed by atoms with E-state index in [1.54, 1.807) is 24.4 Å². The Morgan fingerprint density at radius 3 is 2.76 bits per heavy atom. The van der Waals surface area contributed by atoms with Crippen LogP contribution in [0.25, 0.3) is 11.3 Å². The van der Waals surface area contributed by atoms with E-state index in [0.29, 0.717) is 12.1 Å². The molecule has 0 spiro atoms. The van der Waals surface area contributed by atoms with Gasteiger partial charge in [-0.25, -0.2) is 0 Å². The summed E-state index contributed by atoms with van der Waals surface area (Å²) in [5.41, 5.74) is 2.19. The van der Waals surface area contributed by atoms with E-state index in [2.05, 4.69) is 15.5 Å². The summed E-state index contributed by atoms with van der Waals surface area (Å²) in [5, 5.41) is 29.8. The minimum Gasteiger partial charge on any atom is -0.390 e. The number of H-pyrrole nitrogens is 1. The minimum absolute atomic E-state index is 0.158. The molecule has 0 saturated heterocycles. The largest absolute Gasteiger partial charge is 0.390 e. The number of carbonyl (C=O) groups is 1. The van der Waals surface area contributed by atoms with Gasteiger partial charge >= 0.3 is 0 Å². The molecule has 6 heteroatoms. The van der Waals surface area contributed by atoms with Crippen LogP contribution >= 0.6 is 0 Å². The Hall–Kier alpha value is -2.18. The topological polar surface area (TPSA) is 98.2 Å². The molecule has 1 aromatic carbocycles. The van der Waals surface area contributed by atoms with Crippen LogP contribution in [-0.2, 0) is 4.79 Å². The summed E-state index contributed by atoms with van der Waals surface area (Å²) in [6.45, 7) is 1.73. The van der Waals surface area contributed by atoms with E-state index >= 15 is 0 Å². The molecule has 0 aliphatic carbocycles. The average Bonchev–Trinajstić information content (AvgIpc) is 3.00. The first-order chi connectivity index (χ1) is 10.1. The zero-order chi connectivity index (χ0) is 15.2. The fraction of sp³-hybridized carbons (Fsp3) is 0.333. The number of rotatable bonds is 6. The maximum absolute atomic E-state index is 10.8. The summed E-state index contributed by atoms with van der Waals surface area (Å²) in [4.78, 5) is 10.8. The van der Waals surface area contributed by atoms with Crippen molar-refractivity contribution in [2.24, 2.45) is 0 Å². The zero-order valence-corrected chi connectivity index (χ0v) is 11.8. The Balaban J connectivity index is 2.12. The van der Waals surface area contributed by atoms with Gasteiger partial charge in [0.15, 0.2) is 0 Å². The second kappa shape index (κ2) is 7.01. The Kier molecular flexibility index (Phi) is 5.08. The van der Waals surface area contributed by atoms with Crippen LogP contribution in [0.2, 0.25) is 0 Å². The van der Waals surface area contributed by atoms with E-state index in [1.165, 1.54) is 6.92 Å². The van der Waals surface area contributed by atoms with Gasteiger partial charge in [0.05, 0.1) is 11.8 Å². The van der Waals surface area contributed by atoms with Gasteiger partial charge in [0, 0.05) is 25.2 Å². The lowest BCUT2D eigenvalue weighted by molar-refractivity contribution is -0.119. The molecule has 1 amide bonds. The third-order valence-corrected chi connectivity index (χ3v) is 3.25. The van der Waals surface area contributed by atoms with Crippen molar-refractivity contribution in [3.63, 3.8) is 0 Å². The summed E-state index contributed by atoms with van der Waals surface area (Å²) in [7, 11) is 0. The van der Waals surface area contributed by atoms with Crippen LogP contribution < -0.4 is 5.32 Å².